The molecule has 0 aliphatic rings. The number of hydrogen-bond donors (Lipinski definition) is 0. The Balaban J connectivity index is 1.70. The predicted octanol–water partition coefficient (Wildman–Crippen LogP) is 3.33. The van der Waals surface area contributed by atoms with E-state index in [1.807, 2.05) is 54.6 Å². The van der Waals surface area contributed by atoms with E-state index in [4.69, 9.17) is 9.47 Å². The Bertz CT molecular complexity index is 632. The fourth-order valence-corrected chi connectivity index (χ4v) is 2.15. The molecule has 0 N–H and O–H groups in total. The van der Waals surface area contributed by atoms with Crippen LogP contribution in [-0.4, -0.2) is 18.9 Å². The molecular formula is C19H20O4. The number of carbonyl (C=O) groups excluding carboxylic acids is 2. The third kappa shape index (κ3) is 5.58. The van der Waals surface area contributed by atoms with Gasteiger partial charge in [0.1, 0.15) is 12.4 Å². The minimum Gasteiger partial charge on any atom is -0.497 e. The van der Waals surface area contributed by atoms with E-state index in [1.165, 1.54) is 0 Å². The lowest BCUT2D eigenvalue weighted by Crippen LogP contribution is -2.17. The average Bonchev–Trinajstić information content (AvgIpc) is 2.61. The number of carbonyl (C=O) groups is 2. The van der Waals surface area contributed by atoms with Crippen LogP contribution >= 0.6 is 0 Å². The number of ether oxygens (including phenoxy) is 2. The monoisotopic (exact) mass is 312 g/mol. The molecule has 0 aliphatic carbocycles. The molecule has 23 heavy (non-hydrogen) atoms. The van der Waals surface area contributed by atoms with Crippen LogP contribution in [0.2, 0.25) is 0 Å². The lowest BCUT2D eigenvalue weighted by Gasteiger charge is -2.05. The summed E-state index contributed by atoms with van der Waals surface area (Å²) in [7, 11) is 1.62. The van der Waals surface area contributed by atoms with E-state index in [-0.39, 0.29) is 13.0 Å². The summed E-state index contributed by atoms with van der Waals surface area (Å²) in [6.07, 6.45) is 1.55. The van der Waals surface area contributed by atoms with E-state index < -0.39 is 11.8 Å². The third-order valence-electron chi connectivity index (χ3n) is 3.47. The Labute approximate surface area is 136 Å². The second-order valence-corrected chi connectivity index (χ2v) is 5.19. The third-order valence-corrected chi connectivity index (χ3v) is 3.47. The van der Waals surface area contributed by atoms with Crippen LogP contribution in [0.1, 0.15) is 24.0 Å². The first-order valence-corrected chi connectivity index (χ1v) is 7.56. The van der Waals surface area contributed by atoms with E-state index in [9.17, 15) is 9.59 Å². The topological polar surface area (TPSA) is 52.6 Å². The molecule has 0 aromatic heterocycles. The molecule has 0 aliphatic heterocycles. The fraction of sp³-hybridized carbons (Fsp3) is 0.263. The normalized spacial score (nSPS) is 10.1. The summed E-state index contributed by atoms with van der Waals surface area (Å²) in [4.78, 5) is 23.4. The van der Waals surface area contributed by atoms with E-state index in [0.29, 0.717) is 6.42 Å². The number of hydrogen-bond acceptors (Lipinski definition) is 4. The van der Waals surface area contributed by atoms with Crippen molar-refractivity contribution in [1.82, 2.24) is 0 Å². The van der Waals surface area contributed by atoms with Crippen molar-refractivity contribution in [2.45, 2.75) is 25.9 Å². The van der Waals surface area contributed by atoms with Crippen molar-refractivity contribution >= 4 is 11.8 Å². The smallest absolute Gasteiger partial charge is 0.374 e. The Morgan fingerprint density at radius 2 is 1.61 bits per heavy atom. The van der Waals surface area contributed by atoms with Gasteiger partial charge in [0.15, 0.2) is 0 Å². The Kier molecular flexibility index (Phi) is 6.36. The predicted molar refractivity (Wildman–Crippen MR) is 87.2 cm³/mol. The summed E-state index contributed by atoms with van der Waals surface area (Å²) in [5.74, 6) is -0.438. The summed E-state index contributed by atoms with van der Waals surface area (Å²) in [5.41, 5.74) is 1.98. The molecule has 0 saturated heterocycles. The molecule has 0 radical (unpaired) electrons. The maximum absolute atomic E-state index is 11.8. The van der Waals surface area contributed by atoms with E-state index in [0.717, 1.165) is 23.3 Å². The Morgan fingerprint density at radius 1 is 0.913 bits per heavy atom. The molecule has 0 saturated carbocycles. The van der Waals surface area contributed by atoms with Gasteiger partial charge in [-0.1, -0.05) is 42.5 Å². The van der Waals surface area contributed by atoms with Gasteiger partial charge < -0.3 is 9.47 Å². The number of aryl methyl sites for hydroxylation is 1. The zero-order valence-corrected chi connectivity index (χ0v) is 13.2. The van der Waals surface area contributed by atoms with E-state index in [2.05, 4.69) is 0 Å². The van der Waals surface area contributed by atoms with Gasteiger partial charge in [-0.2, -0.15) is 0 Å². The fourth-order valence-electron chi connectivity index (χ4n) is 2.15. The van der Waals surface area contributed by atoms with Crippen molar-refractivity contribution in [3.63, 3.8) is 0 Å². The molecular weight excluding hydrogens is 292 g/mol. The number of Topliss-reactive ketones (excluding diaryl/α,β-unsaturated/α-hetero) is 1. The summed E-state index contributed by atoms with van der Waals surface area (Å²) in [6.45, 7) is 0.129. The van der Waals surface area contributed by atoms with Crippen molar-refractivity contribution in [1.29, 1.82) is 0 Å². The minimum absolute atomic E-state index is 0.129. The van der Waals surface area contributed by atoms with Crippen molar-refractivity contribution in [3.8, 4) is 5.75 Å². The van der Waals surface area contributed by atoms with Crippen molar-refractivity contribution in [3.05, 3.63) is 65.7 Å². The molecule has 0 unspecified atom stereocenters. The van der Waals surface area contributed by atoms with Gasteiger partial charge in [0, 0.05) is 6.42 Å². The number of methoxy groups -OCH3 is 1. The van der Waals surface area contributed by atoms with Crippen molar-refractivity contribution in [2.24, 2.45) is 0 Å². The minimum atomic E-state index is -0.761. The summed E-state index contributed by atoms with van der Waals surface area (Å²) in [5, 5.41) is 0. The number of benzene rings is 2. The maximum Gasteiger partial charge on any atom is 0.374 e. The van der Waals surface area contributed by atoms with Crippen LogP contribution < -0.4 is 4.74 Å². The summed E-state index contributed by atoms with van der Waals surface area (Å²) in [6, 6.07) is 17.0. The first kappa shape index (κ1) is 16.7. The highest BCUT2D eigenvalue weighted by molar-refractivity contribution is 6.33. The zero-order valence-electron chi connectivity index (χ0n) is 13.2. The summed E-state index contributed by atoms with van der Waals surface area (Å²) >= 11 is 0. The molecule has 2 aromatic carbocycles. The molecule has 2 aromatic rings. The maximum atomic E-state index is 11.8. The molecule has 0 fully saturated rings. The highest BCUT2D eigenvalue weighted by Gasteiger charge is 2.14. The SMILES string of the molecule is COc1ccc(CCCC(=O)C(=O)OCc2ccccc2)cc1. The molecule has 0 spiro atoms. The lowest BCUT2D eigenvalue weighted by atomic mass is 10.1. The van der Waals surface area contributed by atoms with Gasteiger partial charge in [0.2, 0.25) is 5.78 Å². The van der Waals surface area contributed by atoms with Crippen LogP contribution in [0.5, 0.6) is 5.75 Å². The molecule has 0 heterocycles. The van der Waals surface area contributed by atoms with Crippen molar-refractivity contribution < 1.29 is 19.1 Å². The molecule has 2 rings (SSSR count). The molecule has 4 heteroatoms. The van der Waals surface area contributed by atoms with Crippen LogP contribution in [0.15, 0.2) is 54.6 Å². The van der Waals surface area contributed by atoms with Crippen molar-refractivity contribution in [2.75, 3.05) is 7.11 Å². The van der Waals surface area contributed by atoms with E-state index in [1.54, 1.807) is 7.11 Å². The largest absolute Gasteiger partial charge is 0.497 e. The first-order valence-electron chi connectivity index (χ1n) is 7.56. The van der Waals surface area contributed by atoms with Gasteiger partial charge in [-0.3, -0.25) is 4.79 Å². The molecule has 0 atom stereocenters. The Morgan fingerprint density at radius 3 is 2.26 bits per heavy atom. The second-order valence-electron chi connectivity index (χ2n) is 5.19. The van der Waals surface area contributed by atoms with Gasteiger partial charge in [0.05, 0.1) is 7.11 Å². The standard InChI is InChI=1S/C19H20O4/c1-22-17-12-10-15(11-13-17)8-5-9-18(20)19(21)23-14-16-6-3-2-4-7-16/h2-4,6-7,10-13H,5,8-9,14H2,1H3. The van der Waals surface area contributed by atoms with Crippen LogP contribution in [0.25, 0.3) is 0 Å². The van der Waals surface area contributed by atoms with Crippen LogP contribution in [0.4, 0.5) is 0 Å². The van der Waals surface area contributed by atoms with Gasteiger partial charge in [-0.25, -0.2) is 4.79 Å². The van der Waals surface area contributed by atoms with Gasteiger partial charge >= 0.3 is 5.97 Å². The number of rotatable bonds is 8. The van der Waals surface area contributed by atoms with E-state index >= 15 is 0 Å². The highest BCUT2D eigenvalue weighted by atomic mass is 16.5. The van der Waals surface area contributed by atoms with Crippen LogP contribution in [0, 0.1) is 0 Å². The molecule has 120 valence electrons. The van der Waals surface area contributed by atoms with Gasteiger partial charge in [-0.15, -0.1) is 0 Å². The van der Waals surface area contributed by atoms with Crippen LogP contribution in [-0.2, 0) is 27.4 Å². The molecule has 0 amide bonds. The molecule has 0 bridgehead atoms. The molecule has 4 nitrogen and oxygen atoms in total. The number of esters is 1. The second kappa shape index (κ2) is 8.73. The number of ketones is 1. The van der Waals surface area contributed by atoms with Gasteiger partial charge in [-0.05, 0) is 36.1 Å². The summed E-state index contributed by atoms with van der Waals surface area (Å²) < 4.78 is 10.1. The average molecular weight is 312 g/mol. The lowest BCUT2D eigenvalue weighted by molar-refractivity contribution is -0.154. The Hall–Kier alpha value is -2.62. The quantitative estimate of drug-likeness (QED) is 0.554. The van der Waals surface area contributed by atoms with Crippen LogP contribution in [0.3, 0.4) is 0 Å². The van der Waals surface area contributed by atoms with Gasteiger partial charge in [0.25, 0.3) is 0 Å². The first-order chi connectivity index (χ1) is 11.2. The zero-order chi connectivity index (χ0) is 16.5. The highest BCUT2D eigenvalue weighted by Crippen LogP contribution is 2.13.